The number of amides is 1. The molecule has 1 aromatic heterocycles. The van der Waals surface area contributed by atoms with Crippen LogP contribution in [-0.4, -0.2) is 42.0 Å². The van der Waals surface area contributed by atoms with Gasteiger partial charge in [0, 0.05) is 30.0 Å². The van der Waals surface area contributed by atoms with Gasteiger partial charge in [0.05, 0.1) is 0 Å². The normalized spacial score (nSPS) is 18.6. The van der Waals surface area contributed by atoms with Crippen molar-refractivity contribution >= 4 is 16.8 Å². The Morgan fingerprint density at radius 2 is 2.24 bits per heavy atom. The minimum atomic E-state index is 0.114. The number of carbonyl (C=O) groups is 1. The molecule has 1 aliphatic heterocycles. The third-order valence-corrected chi connectivity index (χ3v) is 4.45. The molecular weight excluding hydrogens is 262 g/mol. The molecule has 2 aromatic rings. The van der Waals surface area contributed by atoms with Crippen molar-refractivity contribution in [2.45, 2.75) is 32.7 Å². The number of carbonyl (C=O) groups excluding carboxylic acids is 1. The van der Waals surface area contributed by atoms with Crippen molar-refractivity contribution in [1.82, 2.24) is 15.2 Å². The zero-order valence-electron chi connectivity index (χ0n) is 13.0. The van der Waals surface area contributed by atoms with Crippen LogP contribution >= 0.6 is 0 Å². The summed E-state index contributed by atoms with van der Waals surface area (Å²) in [7, 11) is 1.96. The molecule has 0 aliphatic carbocycles. The zero-order chi connectivity index (χ0) is 15.0. The van der Waals surface area contributed by atoms with Crippen LogP contribution in [0, 0.1) is 6.92 Å². The highest BCUT2D eigenvalue weighted by Crippen LogP contribution is 2.24. The van der Waals surface area contributed by atoms with E-state index in [0.29, 0.717) is 11.7 Å². The van der Waals surface area contributed by atoms with Crippen molar-refractivity contribution in [2.24, 2.45) is 0 Å². The summed E-state index contributed by atoms with van der Waals surface area (Å²) in [5.74, 6) is 0.114. The monoisotopic (exact) mass is 285 g/mol. The van der Waals surface area contributed by atoms with Crippen LogP contribution in [0.3, 0.4) is 0 Å². The smallest absolute Gasteiger partial charge is 0.270 e. The van der Waals surface area contributed by atoms with Crippen molar-refractivity contribution in [3.05, 3.63) is 35.0 Å². The van der Waals surface area contributed by atoms with Crippen LogP contribution in [0.25, 0.3) is 10.9 Å². The maximum Gasteiger partial charge on any atom is 0.270 e. The minimum absolute atomic E-state index is 0.114. The van der Waals surface area contributed by atoms with Crippen molar-refractivity contribution in [3.63, 3.8) is 0 Å². The Labute approximate surface area is 125 Å². The third-order valence-electron chi connectivity index (χ3n) is 4.45. The SMILES string of the molecule is CCc1cc(C)cc2cc(C(=O)N3CC[C@@H](NC)C3)[nH]c12. The maximum absolute atomic E-state index is 12.6. The minimum Gasteiger partial charge on any atom is -0.350 e. The number of rotatable bonds is 3. The number of nitrogens with zero attached hydrogens (tertiary/aromatic N) is 1. The van der Waals surface area contributed by atoms with Gasteiger partial charge in [0.1, 0.15) is 5.69 Å². The molecule has 1 atom stereocenters. The molecule has 2 heterocycles. The molecule has 0 spiro atoms. The lowest BCUT2D eigenvalue weighted by atomic mass is 10.1. The van der Waals surface area contributed by atoms with Gasteiger partial charge in [0.2, 0.25) is 0 Å². The van der Waals surface area contributed by atoms with Gasteiger partial charge in [-0.3, -0.25) is 4.79 Å². The van der Waals surface area contributed by atoms with Gasteiger partial charge in [-0.15, -0.1) is 0 Å². The predicted octanol–water partition coefficient (Wildman–Crippen LogP) is 2.47. The van der Waals surface area contributed by atoms with E-state index in [4.69, 9.17) is 0 Å². The predicted molar refractivity (Wildman–Crippen MR) is 85.8 cm³/mol. The molecule has 0 unspecified atom stereocenters. The number of hydrogen-bond donors (Lipinski definition) is 2. The van der Waals surface area contributed by atoms with Gasteiger partial charge in [-0.1, -0.05) is 18.6 Å². The number of aromatic nitrogens is 1. The van der Waals surface area contributed by atoms with Gasteiger partial charge >= 0.3 is 0 Å². The average molecular weight is 285 g/mol. The Bertz CT molecular complexity index is 674. The van der Waals surface area contributed by atoms with Crippen LogP contribution in [0.1, 0.15) is 35.0 Å². The van der Waals surface area contributed by atoms with Crippen LogP contribution in [0.4, 0.5) is 0 Å². The fourth-order valence-corrected chi connectivity index (χ4v) is 3.23. The lowest BCUT2D eigenvalue weighted by Gasteiger charge is -2.15. The van der Waals surface area contributed by atoms with E-state index in [1.54, 1.807) is 0 Å². The van der Waals surface area contributed by atoms with E-state index in [9.17, 15) is 4.79 Å². The van der Waals surface area contributed by atoms with Crippen LogP contribution in [-0.2, 0) is 6.42 Å². The maximum atomic E-state index is 12.6. The van der Waals surface area contributed by atoms with Crippen molar-refractivity contribution in [1.29, 1.82) is 0 Å². The number of nitrogens with one attached hydrogen (secondary N) is 2. The first-order valence-electron chi connectivity index (χ1n) is 7.71. The van der Waals surface area contributed by atoms with Gasteiger partial charge in [0.25, 0.3) is 5.91 Å². The molecule has 1 saturated heterocycles. The summed E-state index contributed by atoms with van der Waals surface area (Å²) >= 11 is 0. The number of aromatic amines is 1. The van der Waals surface area contributed by atoms with E-state index in [0.717, 1.165) is 36.8 Å². The molecule has 21 heavy (non-hydrogen) atoms. The molecule has 0 radical (unpaired) electrons. The van der Waals surface area contributed by atoms with E-state index < -0.39 is 0 Å². The van der Waals surface area contributed by atoms with E-state index >= 15 is 0 Å². The Kier molecular flexibility index (Phi) is 3.72. The van der Waals surface area contributed by atoms with Crippen LogP contribution in [0.15, 0.2) is 18.2 Å². The Morgan fingerprint density at radius 3 is 2.90 bits per heavy atom. The standard InChI is InChI=1S/C17H23N3O/c1-4-12-7-11(2)8-13-9-15(19-16(12)13)17(21)20-6-5-14(10-20)18-3/h7-9,14,18-19H,4-6,10H2,1-3H3/t14-/m1/s1. The summed E-state index contributed by atoms with van der Waals surface area (Å²) in [6, 6.07) is 6.75. The quantitative estimate of drug-likeness (QED) is 0.910. The molecule has 0 saturated carbocycles. The second kappa shape index (κ2) is 5.53. The summed E-state index contributed by atoms with van der Waals surface area (Å²) in [5.41, 5.74) is 4.34. The highest BCUT2D eigenvalue weighted by atomic mass is 16.2. The first-order valence-corrected chi connectivity index (χ1v) is 7.71. The number of hydrogen-bond acceptors (Lipinski definition) is 2. The highest BCUT2D eigenvalue weighted by molar-refractivity contribution is 5.99. The molecule has 4 nitrogen and oxygen atoms in total. The summed E-state index contributed by atoms with van der Waals surface area (Å²) < 4.78 is 0. The van der Waals surface area contributed by atoms with Crippen molar-refractivity contribution in [2.75, 3.05) is 20.1 Å². The van der Waals surface area contributed by atoms with E-state index in [2.05, 4.69) is 36.3 Å². The number of likely N-dealkylation sites (N-methyl/N-ethyl adjacent to an activating group) is 1. The Balaban J connectivity index is 1.92. The van der Waals surface area contributed by atoms with Gasteiger partial charge in [-0.05, 0) is 44.5 Å². The molecule has 4 heteroatoms. The molecule has 1 fully saturated rings. The molecule has 0 bridgehead atoms. The van der Waals surface area contributed by atoms with Crippen LogP contribution in [0.2, 0.25) is 0 Å². The summed E-state index contributed by atoms with van der Waals surface area (Å²) in [6.07, 6.45) is 2.00. The molecule has 3 rings (SSSR count). The molecule has 2 N–H and O–H groups in total. The topological polar surface area (TPSA) is 48.1 Å². The molecule has 112 valence electrons. The first kappa shape index (κ1) is 14.1. The van der Waals surface area contributed by atoms with Crippen LogP contribution < -0.4 is 5.32 Å². The molecule has 1 amide bonds. The summed E-state index contributed by atoms with van der Waals surface area (Å²) in [5, 5.41) is 4.39. The van der Waals surface area contributed by atoms with Crippen molar-refractivity contribution in [3.8, 4) is 0 Å². The Hall–Kier alpha value is -1.81. The van der Waals surface area contributed by atoms with E-state index in [-0.39, 0.29) is 5.91 Å². The zero-order valence-corrected chi connectivity index (χ0v) is 13.0. The van der Waals surface area contributed by atoms with E-state index in [1.807, 2.05) is 18.0 Å². The lowest BCUT2D eigenvalue weighted by molar-refractivity contribution is 0.0785. The van der Waals surface area contributed by atoms with E-state index in [1.165, 1.54) is 11.1 Å². The Morgan fingerprint density at radius 1 is 1.43 bits per heavy atom. The average Bonchev–Trinajstić information content (AvgIpc) is 3.11. The molecule has 1 aromatic carbocycles. The van der Waals surface area contributed by atoms with Gasteiger partial charge < -0.3 is 15.2 Å². The third kappa shape index (κ3) is 2.56. The molecule has 1 aliphatic rings. The summed E-state index contributed by atoms with van der Waals surface area (Å²) in [4.78, 5) is 17.9. The first-order chi connectivity index (χ1) is 10.1. The number of benzene rings is 1. The van der Waals surface area contributed by atoms with Crippen molar-refractivity contribution < 1.29 is 4.79 Å². The van der Waals surface area contributed by atoms with Crippen LogP contribution in [0.5, 0.6) is 0 Å². The lowest BCUT2D eigenvalue weighted by Crippen LogP contribution is -2.33. The number of fused-ring (bicyclic) bond motifs is 1. The second-order valence-corrected chi connectivity index (χ2v) is 5.95. The van der Waals surface area contributed by atoms with Gasteiger partial charge in [0.15, 0.2) is 0 Å². The number of H-pyrrole nitrogens is 1. The van der Waals surface area contributed by atoms with Gasteiger partial charge in [-0.2, -0.15) is 0 Å². The summed E-state index contributed by atoms with van der Waals surface area (Å²) in [6.45, 7) is 5.88. The molecular formula is C17H23N3O. The fraction of sp³-hybridized carbons (Fsp3) is 0.471. The number of likely N-dealkylation sites (tertiary alicyclic amines) is 1. The largest absolute Gasteiger partial charge is 0.350 e. The fourth-order valence-electron chi connectivity index (χ4n) is 3.23. The van der Waals surface area contributed by atoms with Gasteiger partial charge in [-0.25, -0.2) is 0 Å². The second-order valence-electron chi connectivity index (χ2n) is 5.95. The number of aryl methyl sites for hydroxylation is 2. The highest BCUT2D eigenvalue weighted by Gasteiger charge is 2.26.